The van der Waals surface area contributed by atoms with Crippen molar-refractivity contribution < 1.29 is 37.3 Å². The van der Waals surface area contributed by atoms with E-state index in [-0.39, 0.29) is 35.7 Å². The molecule has 0 aliphatic rings. The number of carbonyl (C=O) groups is 2. The number of esters is 2. The van der Waals surface area contributed by atoms with Crippen LogP contribution in [-0.4, -0.2) is 32.3 Å². The normalized spacial score (nSPS) is 10.4. The van der Waals surface area contributed by atoms with Gasteiger partial charge in [-0.1, -0.05) is 37.4 Å². The van der Waals surface area contributed by atoms with Gasteiger partial charge in [0.2, 0.25) is 0 Å². The molecule has 0 atom stereocenters. The molecule has 0 aromatic heterocycles. The highest BCUT2D eigenvalue weighted by Gasteiger charge is 2.15. The number of halogens is 2. The van der Waals surface area contributed by atoms with Crippen molar-refractivity contribution in [2.24, 2.45) is 0 Å². The Kier molecular flexibility index (Phi) is 8.79. The van der Waals surface area contributed by atoms with Gasteiger partial charge in [0.05, 0.1) is 7.11 Å². The predicted molar refractivity (Wildman–Crippen MR) is 135 cm³/mol. The lowest BCUT2D eigenvalue weighted by Gasteiger charge is -2.13. The van der Waals surface area contributed by atoms with Crippen molar-refractivity contribution >= 4 is 11.9 Å². The largest absolute Gasteiger partial charge is 0.493 e. The Hall–Kier alpha value is -4.46. The minimum absolute atomic E-state index is 0.0428. The molecule has 0 radical (unpaired) electrons. The highest BCUT2D eigenvalue weighted by atomic mass is 19.1. The molecule has 8 heteroatoms. The van der Waals surface area contributed by atoms with Gasteiger partial charge in [-0.25, -0.2) is 18.4 Å². The Balaban J connectivity index is 1.76. The van der Waals surface area contributed by atoms with Crippen molar-refractivity contribution in [1.82, 2.24) is 0 Å². The molecule has 3 aromatic rings. The minimum atomic E-state index is -0.801. The number of hydrogen-bond donors (Lipinski definition) is 0. The van der Waals surface area contributed by atoms with Gasteiger partial charge in [0.15, 0.2) is 23.1 Å². The summed E-state index contributed by atoms with van der Waals surface area (Å²) in [7, 11) is 1.47. The van der Waals surface area contributed by atoms with Crippen LogP contribution in [0.3, 0.4) is 0 Å². The lowest BCUT2D eigenvalue weighted by atomic mass is 9.99. The molecule has 0 aliphatic heterocycles. The van der Waals surface area contributed by atoms with Gasteiger partial charge in [-0.2, -0.15) is 0 Å². The Morgan fingerprint density at radius 1 is 0.730 bits per heavy atom. The second-order valence-electron chi connectivity index (χ2n) is 8.14. The zero-order valence-electron chi connectivity index (χ0n) is 20.7. The van der Waals surface area contributed by atoms with Crippen LogP contribution < -0.4 is 14.2 Å². The average molecular weight is 509 g/mol. The monoisotopic (exact) mass is 508 g/mol. The number of benzene rings is 3. The fourth-order valence-electron chi connectivity index (χ4n) is 3.24. The molecule has 192 valence electrons. The van der Waals surface area contributed by atoms with Crippen LogP contribution in [0.15, 0.2) is 78.9 Å². The van der Waals surface area contributed by atoms with Crippen LogP contribution in [-0.2, 0) is 14.3 Å². The SMILES string of the molecule is C=C(C)C(=O)OCCOc1ccc(-c2ccc(-c3ccc(OC(=O)C(=C)C)c(F)c3)c(F)c2)cc1OC. The summed E-state index contributed by atoms with van der Waals surface area (Å²) in [6, 6.07) is 13.5. The van der Waals surface area contributed by atoms with E-state index in [4.69, 9.17) is 18.9 Å². The molecule has 0 bridgehead atoms. The summed E-state index contributed by atoms with van der Waals surface area (Å²) < 4.78 is 50.4. The average Bonchev–Trinajstić information content (AvgIpc) is 2.87. The van der Waals surface area contributed by atoms with Crippen molar-refractivity contribution in [2.75, 3.05) is 20.3 Å². The van der Waals surface area contributed by atoms with E-state index in [1.165, 1.54) is 38.3 Å². The Bertz CT molecular complexity index is 1360. The van der Waals surface area contributed by atoms with E-state index >= 15 is 4.39 Å². The fourth-order valence-corrected chi connectivity index (χ4v) is 3.24. The van der Waals surface area contributed by atoms with Crippen LogP contribution in [0.25, 0.3) is 22.3 Å². The number of hydrogen-bond acceptors (Lipinski definition) is 6. The van der Waals surface area contributed by atoms with Gasteiger partial charge in [0, 0.05) is 16.7 Å². The summed E-state index contributed by atoms with van der Waals surface area (Å²) in [6.45, 7) is 10.1. The highest BCUT2D eigenvalue weighted by molar-refractivity contribution is 5.89. The van der Waals surface area contributed by atoms with E-state index in [0.717, 1.165) is 6.07 Å². The molecule has 0 heterocycles. The first-order valence-electron chi connectivity index (χ1n) is 11.2. The molecule has 37 heavy (non-hydrogen) atoms. The Morgan fingerprint density at radius 2 is 1.32 bits per heavy atom. The van der Waals surface area contributed by atoms with Crippen molar-refractivity contribution in [2.45, 2.75) is 13.8 Å². The maximum atomic E-state index is 15.0. The first kappa shape index (κ1) is 27.1. The van der Waals surface area contributed by atoms with E-state index in [1.807, 2.05) is 0 Å². The quantitative estimate of drug-likeness (QED) is 0.139. The molecule has 3 rings (SSSR count). The van der Waals surface area contributed by atoms with E-state index in [0.29, 0.717) is 28.2 Å². The van der Waals surface area contributed by atoms with Gasteiger partial charge in [0.1, 0.15) is 19.0 Å². The van der Waals surface area contributed by atoms with Crippen molar-refractivity contribution in [3.8, 4) is 39.5 Å². The molecule has 0 fully saturated rings. The zero-order chi connectivity index (χ0) is 27.1. The predicted octanol–water partition coefficient (Wildman–Crippen LogP) is 6.29. The standard InChI is InChI=1S/C29H26F2O6/c1-17(2)28(32)36-13-12-35-26-11-7-20(16-27(26)34-5)19-6-9-22(23(30)14-19)21-8-10-25(24(31)15-21)37-29(33)18(3)4/h6-11,14-16H,1,3,12-13H2,2,4-5H3. The minimum Gasteiger partial charge on any atom is -0.493 e. The summed E-state index contributed by atoms with van der Waals surface area (Å²) in [6.07, 6.45) is 0. The molecule has 0 aliphatic carbocycles. The third-order valence-electron chi connectivity index (χ3n) is 5.18. The third kappa shape index (κ3) is 6.82. The van der Waals surface area contributed by atoms with Gasteiger partial charge >= 0.3 is 11.9 Å². The first-order chi connectivity index (χ1) is 17.6. The molecule has 0 spiro atoms. The summed E-state index contributed by atoms with van der Waals surface area (Å²) in [4.78, 5) is 23.1. The zero-order valence-corrected chi connectivity index (χ0v) is 20.7. The Morgan fingerprint density at radius 3 is 1.95 bits per heavy atom. The smallest absolute Gasteiger partial charge is 0.338 e. The van der Waals surface area contributed by atoms with Gasteiger partial charge < -0.3 is 18.9 Å². The molecular formula is C29H26F2O6. The van der Waals surface area contributed by atoms with Crippen LogP contribution in [0.1, 0.15) is 13.8 Å². The molecule has 3 aromatic carbocycles. The summed E-state index contributed by atoms with van der Waals surface area (Å²) in [5.41, 5.74) is 2.12. The molecule has 0 unspecified atom stereocenters. The number of methoxy groups -OCH3 is 1. The Labute approximate surface area is 213 Å². The first-order valence-corrected chi connectivity index (χ1v) is 11.2. The van der Waals surface area contributed by atoms with E-state index < -0.39 is 23.6 Å². The van der Waals surface area contributed by atoms with Gasteiger partial charge in [-0.3, -0.25) is 0 Å². The summed E-state index contributed by atoms with van der Waals surface area (Å²) >= 11 is 0. The van der Waals surface area contributed by atoms with Crippen LogP contribution in [0.4, 0.5) is 8.78 Å². The van der Waals surface area contributed by atoms with Crippen LogP contribution >= 0.6 is 0 Å². The number of carbonyl (C=O) groups excluding carboxylic acids is 2. The van der Waals surface area contributed by atoms with Gasteiger partial charge in [-0.05, 0) is 60.9 Å². The van der Waals surface area contributed by atoms with E-state index in [2.05, 4.69) is 13.2 Å². The van der Waals surface area contributed by atoms with Gasteiger partial charge in [0.25, 0.3) is 0 Å². The van der Waals surface area contributed by atoms with Crippen LogP contribution in [0, 0.1) is 11.6 Å². The summed E-state index contributed by atoms with van der Waals surface area (Å²) in [5, 5.41) is 0. The van der Waals surface area contributed by atoms with E-state index in [1.54, 1.807) is 31.2 Å². The lowest BCUT2D eigenvalue weighted by Crippen LogP contribution is -2.12. The lowest BCUT2D eigenvalue weighted by molar-refractivity contribution is -0.139. The third-order valence-corrected chi connectivity index (χ3v) is 5.18. The van der Waals surface area contributed by atoms with Crippen molar-refractivity contribution in [3.05, 3.63) is 90.5 Å². The molecular weight excluding hydrogens is 482 g/mol. The molecule has 6 nitrogen and oxygen atoms in total. The van der Waals surface area contributed by atoms with Crippen molar-refractivity contribution in [1.29, 1.82) is 0 Å². The highest BCUT2D eigenvalue weighted by Crippen LogP contribution is 2.35. The molecule has 0 N–H and O–H groups in total. The molecule has 0 saturated heterocycles. The van der Waals surface area contributed by atoms with Crippen molar-refractivity contribution in [3.63, 3.8) is 0 Å². The van der Waals surface area contributed by atoms with E-state index in [9.17, 15) is 14.0 Å². The summed E-state index contributed by atoms with van der Waals surface area (Å²) in [5.74, 6) is -2.04. The molecule has 0 saturated carbocycles. The maximum Gasteiger partial charge on any atom is 0.338 e. The topological polar surface area (TPSA) is 71.1 Å². The second-order valence-corrected chi connectivity index (χ2v) is 8.14. The maximum absolute atomic E-state index is 15.0. The second kappa shape index (κ2) is 12.0. The van der Waals surface area contributed by atoms with Gasteiger partial charge in [-0.15, -0.1) is 0 Å². The molecule has 0 amide bonds. The van der Waals surface area contributed by atoms with Crippen LogP contribution in [0.2, 0.25) is 0 Å². The number of ether oxygens (including phenoxy) is 4. The number of rotatable bonds is 10. The fraction of sp³-hybridized carbons (Fsp3) is 0.172. The van der Waals surface area contributed by atoms with Crippen LogP contribution in [0.5, 0.6) is 17.2 Å².